The molecule has 0 radical (unpaired) electrons. The third-order valence-electron chi connectivity index (χ3n) is 5.68. The zero-order valence-electron chi connectivity index (χ0n) is 18.2. The summed E-state index contributed by atoms with van der Waals surface area (Å²) < 4.78 is 34.0. The second-order valence-corrected chi connectivity index (χ2v) is 11.0. The molecule has 1 aliphatic rings. The second kappa shape index (κ2) is 10.1. The van der Waals surface area contributed by atoms with Crippen LogP contribution in [0.3, 0.4) is 0 Å². The second-order valence-electron chi connectivity index (χ2n) is 8.04. The number of ether oxygens (including phenoxy) is 1. The van der Waals surface area contributed by atoms with Crippen LogP contribution in [0.25, 0.3) is 0 Å². The highest BCUT2D eigenvalue weighted by Crippen LogP contribution is 2.28. The summed E-state index contributed by atoms with van der Waals surface area (Å²) in [6.07, 6.45) is 5.11. The van der Waals surface area contributed by atoms with Gasteiger partial charge in [0, 0.05) is 23.2 Å². The Labute approximate surface area is 193 Å². The summed E-state index contributed by atoms with van der Waals surface area (Å²) in [5.74, 6) is 0.377. The highest BCUT2D eigenvalue weighted by molar-refractivity contribution is 9.10. The van der Waals surface area contributed by atoms with Crippen LogP contribution in [0.2, 0.25) is 0 Å². The summed E-state index contributed by atoms with van der Waals surface area (Å²) >= 11 is 3.44. The number of nitrogens with zero attached hydrogens (tertiary/aromatic N) is 1. The van der Waals surface area contributed by atoms with Gasteiger partial charge in [0.1, 0.15) is 5.75 Å². The van der Waals surface area contributed by atoms with E-state index in [1.807, 2.05) is 26.0 Å². The highest BCUT2D eigenvalue weighted by Gasteiger charge is 2.28. The third kappa shape index (κ3) is 5.87. The Bertz CT molecular complexity index is 1010. The van der Waals surface area contributed by atoms with E-state index in [4.69, 9.17) is 4.74 Å². The maximum absolute atomic E-state index is 12.9. The van der Waals surface area contributed by atoms with Crippen molar-refractivity contribution in [2.75, 3.05) is 19.0 Å². The van der Waals surface area contributed by atoms with E-state index in [1.165, 1.54) is 22.9 Å². The fourth-order valence-corrected chi connectivity index (χ4v) is 6.08. The van der Waals surface area contributed by atoms with E-state index in [-0.39, 0.29) is 23.5 Å². The van der Waals surface area contributed by atoms with E-state index in [0.29, 0.717) is 11.4 Å². The predicted molar refractivity (Wildman–Crippen MR) is 126 cm³/mol. The SMILES string of the molecule is Cc1cc(Br)cc(C)c1OCC(=O)Nc1ccc(S(=O)(=O)N(C)C2CCCCC2)cc1. The number of carbonyl (C=O) groups excluding carboxylic acids is 1. The number of anilines is 1. The molecule has 0 spiro atoms. The lowest BCUT2D eigenvalue weighted by molar-refractivity contribution is -0.118. The molecule has 31 heavy (non-hydrogen) atoms. The van der Waals surface area contributed by atoms with Crippen LogP contribution < -0.4 is 10.1 Å². The maximum Gasteiger partial charge on any atom is 0.262 e. The average Bonchev–Trinajstić information content (AvgIpc) is 2.73. The van der Waals surface area contributed by atoms with Gasteiger partial charge in [0.2, 0.25) is 10.0 Å². The Morgan fingerprint density at radius 2 is 1.68 bits per heavy atom. The highest BCUT2D eigenvalue weighted by atomic mass is 79.9. The van der Waals surface area contributed by atoms with Gasteiger partial charge in [-0.15, -0.1) is 0 Å². The molecule has 0 aromatic heterocycles. The number of hydrogen-bond donors (Lipinski definition) is 1. The van der Waals surface area contributed by atoms with Crippen molar-refractivity contribution in [2.45, 2.75) is 56.9 Å². The van der Waals surface area contributed by atoms with E-state index in [0.717, 1.165) is 41.3 Å². The Morgan fingerprint density at radius 3 is 2.26 bits per heavy atom. The quantitative estimate of drug-likeness (QED) is 0.568. The minimum absolute atomic E-state index is 0.0563. The monoisotopic (exact) mass is 508 g/mol. The van der Waals surface area contributed by atoms with E-state index in [2.05, 4.69) is 21.2 Å². The molecule has 0 heterocycles. The molecule has 2 aromatic rings. The van der Waals surface area contributed by atoms with Crippen molar-refractivity contribution in [1.82, 2.24) is 4.31 Å². The first-order valence-electron chi connectivity index (χ1n) is 10.5. The van der Waals surface area contributed by atoms with Crippen LogP contribution in [0.5, 0.6) is 5.75 Å². The first-order chi connectivity index (χ1) is 14.7. The minimum atomic E-state index is -3.55. The van der Waals surface area contributed by atoms with Crippen molar-refractivity contribution < 1.29 is 17.9 Å². The number of carbonyl (C=O) groups is 1. The number of halogens is 1. The van der Waals surface area contributed by atoms with E-state index in [1.54, 1.807) is 19.2 Å². The van der Waals surface area contributed by atoms with Crippen LogP contribution in [0.4, 0.5) is 5.69 Å². The minimum Gasteiger partial charge on any atom is -0.483 e. The van der Waals surface area contributed by atoms with Crippen molar-refractivity contribution in [1.29, 1.82) is 0 Å². The zero-order chi connectivity index (χ0) is 22.6. The van der Waals surface area contributed by atoms with Gasteiger partial charge in [0.05, 0.1) is 4.90 Å². The predicted octanol–water partition coefficient (Wildman–Crippen LogP) is 5.04. The smallest absolute Gasteiger partial charge is 0.262 e. The van der Waals surface area contributed by atoms with Crippen molar-refractivity contribution in [2.24, 2.45) is 0 Å². The van der Waals surface area contributed by atoms with Gasteiger partial charge in [0.15, 0.2) is 6.61 Å². The molecule has 168 valence electrons. The van der Waals surface area contributed by atoms with Crippen molar-refractivity contribution in [3.05, 3.63) is 52.0 Å². The average molecular weight is 509 g/mol. The van der Waals surface area contributed by atoms with Gasteiger partial charge in [-0.05, 0) is 74.2 Å². The van der Waals surface area contributed by atoms with Gasteiger partial charge >= 0.3 is 0 Å². The van der Waals surface area contributed by atoms with Gasteiger partial charge in [-0.2, -0.15) is 4.31 Å². The summed E-state index contributed by atoms with van der Waals surface area (Å²) in [5, 5.41) is 2.75. The fraction of sp³-hybridized carbons (Fsp3) is 0.435. The molecule has 1 saturated carbocycles. The molecule has 0 saturated heterocycles. The number of sulfonamides is 1. The van der Waals surface area contributed by atoms with Gasteiger partial charge < -0.3 is 10.1 Å². The standard InChI is InChI=1S/C23H29BrN2O4S/c1-16-13-18(24)14-17(2)23(16)30-15-22(27)25-19-9-11-21(12-10-19)31(28,29)26(3)20-7-5-4-6-8-20/h9-14,20H,4-8,15H2,1-3H3,(H,25,27). The molecule has 8 heteroatoms. The molecule has 6 nitrogen and oxygen atoms in total. The molecule has 0 aliphatic heterocycles. The lowest BCUT2D eigenvalue weighted by atomic mass is 9.96. The number of amides is 1. The largest absolute Gasteiger partial charge is 0.483 e. The molecule has 2 aromatic carbocycles. The van der Waals surface area contributed by atoms with Crippen LogP contribution in [0.1, 0.15) is 43.2 Å². The number of rotatable bonds is 7. The summed E-state index contributed by atoms with van der Waals surface area (Å²) in [4.78, 5) is 12.5. The molecule has 0 atom stereocenters. The summed E-state index contributed by atoms with van der Waals surface area (Å²) in [7, 11) is -1.89. The first-order valence-corrected chi connectivity index (χ1v) is 12.7. The summed E-state index contributed by atoms with van der Waals surface area (Å²) in [6.45, 7) is 3.72. The Morgan fingerprint density at radius 1 is 1.10 bits per heavy atom. The van der Waals surface area contributed by atoms with E-state index >= 15 is 0 Å². The molecule has 3 rings (SSSR count). The van der Waals surface area contributed by atoms with Crippen molar-refractivity contribution in [3.8, 4) is 5.75 Å². The fourth-order valence-electron chi connectivity index (χ4n) is 3.98. The van der Waals surface area contributed by atoms with Crippen molar-refractivity contribution >= 4 is 37.5 Å². The van der Waals surface area contributed by atoms with Crippen LogP contribution in [-0.2, 0) is 14.8 Å². The van der Waals surface area contributed by atoms with E-state index in [9.17, 15) is 13.2 Å². The number of aryl methyl sites for hydroxylation is 2. The summed E-state index contributed by atoms with van der Waals surface area (Å²) in [6, 6.07) is 10.2. The van der Waals surface area contributed by atoms with Gasteiger partial charge in [-0.1, -0.05) is 35.2 Å². The summed E-state index contributed by atoms with van der Waals surface area (Å²) in [5.41, 5.74) is 2.41. The Hall–Kier alpha value is -1.90. The van der Waals surface area contributed by atoms with E-state index < -0.39 is 10.0 Å². The van der Waals surface area contributed by atoms with Crippen LogP contribution >= 0.6 is 15.9 Å². The topological polar surface area (TPSA) is 75.7 Å². The first kappa shape index (κ1) is 23.8. The van der Waals surface area contributed by atoms with Gasteiger partial charge in [-0.25, -0.2) is 8.42 Å². The Balaban J connectivity index is 1.60. The van der Waals surface area contributed by atoms with Gasteiger partial charge in [0.25, 0.3) is 5.91 Å². The molecule has 1 amide bonds. The number of benzene rings is 2. The third-order valence-corrected chi connectivity index (χ3v) is 8.06. The molecular formula is C23H29BrN2O4S. The lowest BCUT2D eigenvalue weighted by Gasteiger charge is -2.30. The molecule has 1 aliphatic carbocycles. The molecule has 1 fully saturated rings. The lowest BCUT2D eigenvalue weighted by Crippen LogP contribution is -2.38. The zero-order valence-corrected chi connectivity index (χ0v) is 20.6. The van der Waals surface area contributed by atoms with Gasteiger partial charge in [-0.3, -0.25) is 4.79 Å². The molecular weight excluding hydrogens is 480 g/mol. The number of hydrogen-bond acceptors (Lipinski definition) is 4. The molecule has 0 unspecified atom stereocenters. The van der Waals surface area contributed by atoms with Crippen LogP contribution in [0.15, 0.2) is 45.8 Å². The van der Waals surface area contributed by atoms with Crippen LogP contribution in [0, 0.1) is 13.8 Å². The molecule has 0 bridgehead atoms. The molecule has 1 N–H and O–H groups in total. The normalized spacial score (nSPS) is 15.1. The van der Waals surface area contributed by atoms with Crippen molar-refractivity contribution in [3.63, 3.8) is 0 Å². The Kier molecular flexibility index (Phi) is 7.78. The van der Waals surface area contributed by atoms with Crippen LogP contribution in [-0.4, -0.2) is 38.3 Å². The maximum atomic E-state index is 12.9. The number of nitrogens with one attached hydrogen (secondary N) is 1.